The van der Waals surface area contributed by atoms with Crippen LogP contribution in [0.3, 0.4) is 0 Å². The van der Waals surface area contributed by atoms with Crippen molar-refractivity contribution >= 4 is 47.1 Å². The molecular weight excluding hydrogens is 393 g/mol. The van der Waals surface area contributed by atoms with Crippen LogP contribution in [-0.4, -0.2) is 43.3 Å². The van der Waals surface area contributed by atoms with Gasteiger partial charge in [-0.2, -0.15) is 0 Å². The molecular formula is C21H18FN3O3S. The van der Waals surface area contributed by atoms with E-state index in [-0.39, 0.29) is 10.7 Å². The van der Waals surface area contributed by atoms with E-state index < -0.39 is 17.6 Å². The van der Waals surface area contributed by atoms with Gasteiger partial charge in [0.15, 0.2) is 0 Å². The summed E-state index contributed by atoms with van der Waals surface area (Å²) in [6.45, 7) is 3.26. The van der Waals surface area contributed by atoms with Crippen LogP contribution in [-0.2, 0) is 27.0 Å². The fourth-order valence-corrected chi connectivity index (χ4v) is 3.60. The number of quaternary nitrogens is 1. The molecule has 0 spiro atoms. The number of morpholine rings is 1. The number of carbonyl (C=O) groups excluding carboxylic acids is 2. The van der Waals surface area contributed by atoms with Gasteiger partial charge in [0.2, 0.25) is 0 Å². The third kappa shape index (κ3) is 4.09. The van der Waals surface area contributed by atoms with Gasteiger partial charge in [-0.25, -0.2) is 9.38 Å². The van der Waals surface area contributed by atoms with Gasteiger partial charge in [-0.05, 0) is 65.3 Å². The second-order valence-electron chi connectivity index (χ2n) is 6.71. The molecule has 0 bridgehead atoms. The molecule has 0 unspecified atom stereocenters. The van der Waals surface area contributed by atoms with Crippen molar-refractivity contribution in [1.82, 2.24) is 0 Å². The number of anilines is 1. The number of nitrogens with zero attached hydrogens (tertiary/aromatic N) is 2. The first-order valence-corrected chi connectivity index (χ1v) is 9.58. The van der Waals surface area contributed by atoms with E-state index in [1.165, 1.54) is 35.2 Å². The smallest absolute Gasteiger partial charge is 0.282 e. The Morgan fingerprint density at radius 2 is 1.69 bits per heavy atom. The van der Waals surface area contributed by atoms with Crippen molar-refractivity contribution in [2.45, 2.75) is 0 Å². The van der Waals surface area contributed by atoms with Crippen LogP contribution in [0.15, 0.2) is 59.1 Å². The van der Waals surface area contributed by atoms with Crippen LogP contribution in [0.2, 0.25) is 0 Å². The molecule has 2 aliphatic rings. The number of nitrogens with one attached hydrogen (secondary N) is 1. The summed E-state index contributed by atoms with van der Waals surface area (Å²) in [6.07, 6.45) is 1.50. The van der Waals surface area contributed by atoms with Crippen molar-refractivity contribution in [2.75, 3.05) is 31.2 Å². The molecule has 8 heteroatoms. The van der Waals surface area contributed by atoms with E-state index in [9.17, 15) is 14.0 Å². The summed E-state index contributed by atoms with van der Waals surface area (Å²) in [5, 5.41) is -0.157. The molecule has 29 heavy (non-hydrogen) atoms. The number of hydrogen-bond acceptors (Lipinski definition) is 4. The zero-order valence-corrected chi connectivity index (χ0v) is 16.2. The third-order valence-corrected chi connectivity index (χ3v) is 5.14. The van der Waals surface area contributed by atoms with Gasteiger partial charge in [-0.15, -0.1) is 0 Å². The van der Waals surface area contributed by atoms with Crippen molar-refractivity contribution < 1.29 is 23.6 Å². The molecule has 1 fully saturated rings. The highest BCUT2D eigenvalue weighted by Gasteiger charge is 2.29. The molecule has 2 amide bonds. The van der Waals surface area contributed by atoms with Gasteiger partial charge in [-0.1, -0.05) is 0 Å². The second kappa shape index (κ2) is 8.20. The first kappa shape index (κ1) is 19.4. The van der Waals surface area contributed by atoms with E-state index in [0.717, 1.165) is 36.9 Å². The number of carbonyl (C=O) groups is 2. The van der Waals surface area contributed by atoms with E-state index in [1.54, 1.807) is 0 Å². The van der Waals surface area contributed by atoms with E-state index in [2.05, 4.69) is 4.99 Å². The van der Waals surface area contributed by atoms with Gasteiger partial charge in [0, 0.05) is 5.69 Å². The molecule has 2 aliphatic heterocycles. The molecule has 0 aromatic heterocycles. The number of benzene rings is 2. The minimum absolute atomic E-state index is 0.0885. The molecule has 0 atom stereocenters. The SMILES string of the molecule is O=C1N=C([S-])N(c2ccc(F)cc2)C(=O)/C1=C\c1ccc([NH+]2CCOCC2)cc1. The van der Waals surface area contributed by atoms with Crippen molar-refractivity contribution in [3.05, 3.63) is 65.5 Å². The quantitative estimate of drug-likeness (QED) is 0.469. The monoisotopic (exact) mass is 411 g/mol. The van der Waals surface area contributed by atoms with Crippen LogP contribution < -0.4 is 9.80 Å². The molecule has 0 aliphatic carbocycles. The summed E-state index contributed by atoms with van der Waals surface area (Å²) >= 11 is 5.09. The Kier molecular flexibility index (Phi) is 5.48. The van der Waals surface area contributed by atoms with Gasteiger partial charge in [0.1, 0.15) is 30.2 Å². The third-order valence-electron chi connectivity index (χ3n) is 4.86. The van der Waals surface area contributed by atoms with E-state index in [1.807, 2.05) is 24.3 Å². The predicted molar refractivity (Wildman–Crippen MR) is 109 cm³/mol. The summed E-state index contributed by atoms with van der Waals surface area (Å²) < 4.78 is 18.6. The fraction of sp³-hybridized carbons (Fsp3) is 0.190. The summed E-state index contributed by atoms with van der Waals surface area (Å²) in [4.78, 5) is 31.5. The Morgan fingerprint density at radius 3 is 2.34 bits per heavy atom. The van der Waals surface area contributed by atoms with Crippen molar-refractivity contribution in [3.63, 3.8) is 0 Å². The summed E-state index contributed by atoms with van der Waals surface area (Å²) in [5.74, 6) is -1.69. The van der Waals surface area contributed by atoms with Crippen LogP contribution in [0.1, 0.15) is 5.56 Å². The Hall–Kier alpha value is -2.94. The minimum Gasteiger partial charge on any atom is -0.742 e. The second-order valence-corrected chi connectivity index (χ2v) is 7.08. The van der Waals surface area contributed by atoms with Crippen LogP contribution in [0.25, 0.3) is 6.08 Å². The maximum Gasteiger partial charge on any atom is 0.282 e. The molecule has 0 radical (unpaired) electrons. The number of aliphatic imine (C=N–C) groups is 1. The standard InChI is InChI=1S/C21H18FN3O3S/c22-15-3-7-17(8-4-15)25-20(27)18(19(26)23-21(25)29)13-14-1-5-16(6-2-14)24-9-11-28-12-10-24/h1-8,13H,9-12H2,(H,23,26,29)/b18-13-. The van der Waals surface area contributed by atoms with Gasteiger partial charge < -0.3 is 17.4 Å². The lowest BCUT2D eigenvalue weighted by atomic mass is 10.1. The summed E-state index contributed by atoms with van der Waals surface area (Å²) in [6, 6.07) is 13.0. The van der Waals surface area contributed by atoms with E-state index in [0.29, 0.717) is 11.3 Å². The molecule has 148 valence electrons. The lowest BCUT2D eigenvalue weighted by Crippen LogP contribution is -3.09. The first-order valence-electron chi connectivity index (χ1n) is 9.17. The van der Waals surface area contributed by atoms with Gasteiger partial charge in [0.25, 0.3) is 11.8 Å². The molecule has 4 rings (SSSR count). The lowest BCUT2D eigenvalue weighted by molar-refractivity contribution is -0.842. The molecule has 6 nitrogen and oxygen atoms in total. The van der Waals surface area contributed by atoms with Gasteiger partial charge in [0.05, 0.1) is 13.2 Å². The zero-order valence-electron chi connectivity index (χ0n) is 15.4. The highest BCUT2D eigenvalue weighted by Crippen LogP contribution is 2.23. The lowest BCUT2D eigenvalue weighted by Gasteiger charge is -2.32. The summed E-state index contributed by atoms with van der Waals surface area (Å²) in [5.41, 5.74) is 2.11. The van der Waals surface area contributed by atoms with Crippen molar-refractivity contribution in [3.8, 4) is 0 Å². The molecule has 2 aromatic carbocycles. The van der Waals surface area contributed by atoms with Gasteiger partial charge >= 0.3 is 0 Å². The molecule has 1 saturated heterocycles. The molecule has 1 N–H and O–H groups in total. The number of amidine groups is 1. The maximum atomic E-state index is 13.2. The normalized spacial score (nSPS) is 19.6. The zero-order chi connectivity index (χ0) is 20.4. The molecule has 2 heterocycles. The highest BCUT2D eigenvalue weighted by molar-refractivity contribution is 7.78. The number of amides is 2. The largest absolute Gasteiger partial charge is 0.742 e. The van der Waals surface area contributed by atoms with Crippen molar-refractivity contribution in [2.24, 2.45) is 4.99 Å². The Morgan fingerprint density at radius 1 is 1.03 bits per heavy atom. The van der Waals surface area contributed by atoms with E-state index in [4.69, 9.17) is 17.4 Å². The number of hydrogen-bond donors (Lipinski definition) is 1. The Bertz CT molecular complexity index is 997. The first-order chi connectivity index (χ1) is 14.0. The topological polar surface area (TPSA) is 63.4 Å². The Balaban J connectivity index is 1.61. The van der Waals surface area contributed by atoms with E-state index >= 15 is 0 Å². The number of halogens is 1. The average Bonchev–Trinajstić information content (AvgIpc) is 2.73. The molecule has 0 saturated carbocycles. The number of rotatable bonds is 3. The minimum atomic E-state index is -0.679. The fourth-order valence-electron chi connectivity index (χ4n) is 3.33. The van der Waals surface area contributed by atoms with Crippen LogP contribution in [0.4, 0.5) is 15.8 Å². The van der Waals surface area contributed by atoms with Gasteiger partial charge in [-0.3, -0.25) is 19.4 Å². The number of ether oxygens (including phenoxy) is 1. The average molecular weight is 411 g/mol. The highest BCUT2D eigenvalue weighted by atomic mass is 32.1. The van der Waals surface area contributed by atoms with Crippen molar-refractivity contribution in [1.29, 1.82) is 0 Å². The Labute approximate surface area is 172 Å². The maximum absolute atomic E-state index is 13.2. The van der Waals surface area contributed by atoms with Crippen LogP contribution in [0.5, 0.6) is 0 Å². The predicted octanol–water partition coefficient (Wildman–Crippen LogP) is 1.23. The van der Waals surface area contributed by atoms with Crippen LogP contribution in [0, 0.1) is 5.82 Å². The summed E-state index contributed by atoms with van der Waals surface area (Å²) in [7, 11) is 0. The van der Waals surface area contributed by atoms with Crippen LogP contribution >= 0.6 is 0 Å². The molecule has 2 aromatic rings.